The van der Waals surface area contributed by atoms with E-state index in [0.29, 0.717) is 30.2 Å². The number of halogens is 1. The number of aromatic amines is 1. The molecule has 0 radical (unpaired) electrons. The number of aromatic nitrogens is 4. The van der Waals surface area contributed by atoms with E-state index in [1.54, 1.807) is 12.4 Å². The Morgan fingerprint density at radius 2 is 2.15 bits per heavy atom. The fourth-order valence-electron chi connectivity index (χ4n) is 2.36. The van der Waals surface area contributed by atoms with Crippen molar-refractivity contribution in [3.8, 4) is 11.4 Å². The minimum absolute atomic E-state index is 0.0700. The third kappa shape index (κ3) is 2.57. The van der Waals surface area contributed by atoms with E-state index in [-0.39, 0.29) is 5.56 Å². The smallest absolute Gasteiger partial charge is 0.254 e. The molecule has 1 aliphatic heterocycles. The average Bonchev–Trinajstić information content (AvgIpc) is 2.48. The molecule has 0 fully saturated rings. The van der Waals surface area contributed by atoms with Crippen LogP contribution in [-0.4, -0.2) is 43.8 Å². The molecule has 2 aromatic heterocycles. The SMILES string of the molecule is O=c1[nH]c(-c2cncnc2)nc2c1CCN(CCCl)C2. The lowest BCUT2D eigenvalue weighted by Crippen LogP contribution is -2.36. The second kappa shape index (κ2) is 5.68. The van der Waals surface area contributed by atoms with Crippen LogP contribution in [0.4, 0.5) is 0 Å². The first kappa shape index (κ1) is 13.2. The van der Waals surface area contributed by atoms with Crippen LogP contribution >= 0.6 is 11.6 Å². The van der Waals surface area contributed by atoms with Crippen LogP contribution in [0.25, 0.3) is 11.4 Å². The summed E-state index contributed by atoms with van der Waals surface area (Å²) in [5, 5.41) is 0. The molecule has 7 heteroatoms. The third-order valence-corrected chi connectivity index (χ3v) is 3.56. The van der Waals surface area contributed by atoms with Gasteiger partial charge in [0.25, 0.3) is 5.56 Å². The van der Waals surface area contributed by atoms with Gasteiger partial charge in [-0.3, -0.25) is 9.69 Å². The standard InChI is InChI=1S/C13H14ClN5O/c14-2-4-19-3-1-10-11(7-19)17-12(18-13(10)20)9-5-15-8-16-6-9/h5-6,8H,1-4,7H2,(H,17,18,20). The average molecular weight is 292 g/mol. The number of fused-ring (bicyclic) bond motifs is 1. The molecule has 0 spiro atoms. The monoisotopic (exact) mass is 291 g/mol. The van der Waals surface area contributed by atoms with E-state index in [9.17, 15) is 4.79 Å². The lowest BCUT2D eigenvalue weighted by molar-refractivity contribution is 0.264. The first-order valence-electron chi connectivity index (χ1n) is 6.43. The van der Waals surface area contributed by atoms with Crippen molar-refractivity contribution in [3.05, 3.63) is 40.3 Å². The Bertz CT molecular complexity index is 658. The van der Waals surface area contributed by atoms with Gasteiger partial charge >= 0.3 is 0 Å². The molecule has 0 saturated carbocycles. The zero-order valence-corrected chi connectivity index (χ0v) is 11.6. The summed E-state index contributed by atoms with van der Waals surface area (Å²) in [5.74, 6) is 1.10. The predicted molar refractivity (Wildman–Crippen MR) is 75.6 cm³/mol. The van der Waals surface area contributed by atoms with Crippen molar-refractivity contribution in [1.82, 2.24) is 24.8 Å². The summed E-state index contributed by atoms with van der Waals surface area (Å²) in [6.45, 7) is 2.31. The zero-order valence-electron chi connectivity index (χ0n) is 10.8. The highest BCUT2D eigenvalue weighted by atomic mass is 35.5. The number of rotatable bonds is 3. The minimum atomic E-state index is -0.0700. The van der Waals surface area contributed by atoms with Crippen LogP contribution in [0.3, 0.4) is 0 Å². The highest BCUT2D eigenvalue weighted by Crippen LogP contribution is 2.17. The number of hydrogen-bond acceptors (Lipinski definition) is 5. The largest absolute Gasteiger partial charge is 0.306 e. The highest BCUT2D eigenvalue weighted by Gasteiger charge is 2.20. The van der Waals surface area contributed by atoms with Gasteiger partial charge in [0.05, 0.1) is 11.3 Å². The van der Waals surface area contributed by atoms with Crippen molar-refractivity contribution in [2.75, 3.05) is 19.0 Å². The van der Waals surface area contributed by atoms with Gasteiger partial charge in [-0.25, -0.2) is 15.0 Å². The van der Waals surface area contributed by atoms with E-state index < -0.39 is 0 Å². The van der Waals surface area contributed by atoms with Crippen molar-refractivity contribution in [3.63, 3.8) is 0 Å². The lowest BCUT2D eigenvalue weighted by atomic mass is 10.1. The molecular weight excluding hydrogens is 278 g/mol. The van der Waals surface area contributed by atoms with E-state index in [4.69, 9.17) is 11.6 Å². The Morgan fingerprint density at radius 3 is 2.90 bits per heavy atom. The topological polar surface area (TPSA) is 74.8 Å². The molecule has 0 saturated heterocycles. The van der Waals surface area contributed by atoms with Crippen LogP contribution in [0, 0.1) is 0 Å². The maximum atomic E-state index is 12.1. The van der Waals surface area contributed by atoms with Crippen LogP contribution in [-0.2, 0) is 13.0 Å². The maximum Gasteiger partial charge on any atom is 0.254 e. The minimum Gasteiger partial charge on any atom is -0.306 e. The van der Waals surface area contributed by atoms with Crippen molar-refractivity contribution in [1.29, 1.82) is 0 Å². The Balaban J connectivity index is 1.99. The second-order valence-electron chi connectivity index (χ2n) is 4.68. The fourth-order valence-corrected chi connectivity index (χ4v) is 2.60. The number of nitrogens with zero attached hydrogens (tertiary/aromatic N) is 4. The van der Waals surface area contributed by atoms with Gasteiger partial charge < -0.3 is 4.98 Å². The van der Waals surface area contributed by atoms with Gasteiger partial charge in [0.1, 0.15) is 12.2 Å². The van der Waals surface area contributed by atoms with Gasteiger partial charge in [0.2, 0.25) is 0 Å². The first-order chi connectivity index (χ1) is 9.78. The van der Waals surface area contributed by atoms with E-state index in [2.05, 4.69) is 24.8 Å². The Hall–Kier alpha value is -1.79. The lowest BCUT2D eigenvalue weighted by Gasteiger charge is -2.26. The molecule has 0 bridgehead atoms. The van der Waals surface area contributed by atoms with Gasteiger partial charge in [-0.2, -0.15) is 0 Å². The van der Waals surface area contributed by atoms with Gasteiger partial charge in [-0.1, -0.05) is 0 Å². The van der Waals surface area contributed by atoms with Gasteiger partial charge in [-0.15, -0.1) is 11.6 Å². The summed E-state index contributed by atoms with van der Waals surface area (Å²) < 4.78 is 0. The third-order valence-electron chi connectivity index (χ3n) is 3.39. The summed E-state index contributed by atoms with van der Waals surface area (Å²) >= 11 is 5.77. The van der Waals surface area contributed by atoms with Crippen LogP contribution < -0.4 is 5.56 Å². The maximum absolute atomic E-state index is 12.1. The predicted octanol–water partition coefficient (Wildman–Crippen LogP) is 0.824. The summed E-state index contributed by atoms with van der Waals surface area (Å²) in [6, 6.07) is 0. The molecule has 0 amide bonds. The highest BCUT2D eigenvalue weighted by molar-refractivity contribution is 6.18. The molecule has 1 N–H and O–H groups in total. The van der Waals surface area contributed by atoms with E-state index in [0.717, 1.165) is 24.3 Å². The quantitative estimate of drug-likeness (QED) is 0.848. The van der Waals surface area contributed by atoms with E-state index >= 15 is 0 Å². The molecule has 0 aliphatic carbocycles. The molecule has 0 atom stereocenters. The van der Waals surface area contributed by atoms with Gasteiger partial charge in [0.15, 0.2) is 0 Å². The van der Waals surface area contributed by atoms with Crippen LogP contribution in [0.15, 0.2) is 23.5 Å². The normalized spacial score (nSPS) is 15.1. The Labute approximate surface area is 120 Å². The Morgan fingerprint density at radius 1 is 1.35 bits per heavy atom. The van der Waals surface area contributed by atoms with Crippen LogP contribution in [0.1, 0.15) is 11.3 Å². The zero-order chi connectivity index (χ0) is 13.9. The number of alkyl halides is 1. The summed E-state index contributed by atoms with van der Waals surface area (Å²) in [4.78, 5) is 29.6. The van der Waals surface area contributed by atoms with Crippen molar-refractivity contribution < 1.29 is 0 Å². The van der Waals surface area contributed by atoms with Gasteiger partial charge in [0, 0.05) is 43.5 Å². The fraction of sp³-hybridized carbons (Fsp3) is 0.385. The Kier molecular flexibility index (Phi) is 3.75. The van der Waals surface area contributed by atoms with Crippen molar-refractivity contribution in [2.24, 2.45) is 0 Å². The summed E-state index contributed by atoms with van der Waals surface area (Å²) in [5.41, 5.74) is 2.24. The van der Waals surface area contributed by atoms with Crippen molar-refractivity contribution >= 4 is 11.6 Å². The van der Waals surface area contributed by atoms with Crippen LogP contribution in [0.2, 0.25) is 0 Å². The number of nitrogens with one attached hydrogen (secondary N) is 1. The van der Waals surface area contributed by atoms with E-state index in [1.165, 1.54) is 6.33 Å². The molecule has 3 rings (SSSR count). The summed E-state index contributed by atoms with van der Waals surface area (Å²) in [6.07, 6.45) is 5.43. The first-order valence-corrected chi connectivity index (χ1v) is 6.97. The molecule has 3 heterocycles. The molecule has 104 valence electrons. The number of hydrogen-bond donors (Lipinski definition) is 1. The molecule has 0 aromatic carbocycles. The van der Waals surface area contributed by atoms with E-state index in [1.807, 2.05) is 0 Å². The molecule has 0 unspecified atom stereocenters. The second-order valence-corrected chi connectivity index (χ2v) is 5.06. The summed E-state index contributed by atoms with van der Waals surface area (Å²) in [7, 11) is 0. The van der Waals surface area contributed by atoms with Crippen molar-refractivity contribution in [2.45, 2.75) is 13.0 Å². The van der Waals surface area contributed by atoms with Crippen LogP contribution in [0.5, 0.6) is 0 Å². The molecule has 6 nitrogen and oxygen atoms in total. The number of H-pyrrole nitrogens is 1. The molecule has 1 aliphatic rings. The molecule has 2 aromatic rings. The van der Waals surface area contributed by atoms with Gasteiger partial charge in [-0.05, 0) is 6.42 Å². The molecular formula is C13H14ClN5O. The molecule has 20 heavy (non-hydrogen) atoms.